The van der Waals surface area contributed by atoms with Gasteiger partial charge in [-0.15, -0.1) is 0 Å². The molecule has 1 rings (SSSR count). The van der Waals surface area contributed by atoms with Gasteiger partial charge in [-0.25, -0.2) is 0 Å². The molecule has 0 unspecified atom stereocenters. The molecule has 2 N–H and O–H groups in total. The average molecular weight is 233 g/mol. The molecule has 0 bridgehead atoms. The minimum Gasteiger partial charge on any atom is -0.398 e. The molecule has 0 aromatic heterocycles. The van der Waals surface area contributed by atoms with E-state index in [0.717, 1.165) is 18.5 Å². The number of para-hydroxylation sites is 1. The van der Waals surface area contributed by atoms with Crippen molar-refractivity contribution in [1.29, 1.82) is 0 Å². The number of hydrogen-bond acceptors (Lipinski definition) is 1. The molecule has 0 aliphatic carbocycles. The van der Waals surface area contributed by atoms with Crippen LogP contribution in [-0.4, -0.2) is 0 Å². The second-order valence-corrected chi connectivity index (χ2v) is 4.86. The van der Waals surface area contributed by atoms with Crippen molar-refractivity contribution >= 4 is 5.69 Å². The van der Waals surface area contributed by atoms with Crippen molar-refractivity contribution in [3.63, 3.8) is 0 Å². The Bertz CT molecular complexity index is 317. The maximum atomic E-state index is 6.16. The molecule has 0 aliphatic heterocycles. The van der Waals surface area contributed by atoms with Crippen LogP contribution in [0, 0.1) is 0 Å². The molecule has 96 valence electrons. The maximum absolute atomic E-state index is 6.16. The number of unbranched alkanes of at least 4 members (excludes halogenated alkanes) is 5. The number of hydrogen-bond donors (Lipinski definition) is 1. The van der Waals surface area contributed by atoms with Crippen LogP contribution in [0.4, 0.5) is 5.69 Å². The predicted molar refractivity (Wildman–Crippen MR) is 77.3 cm³/mol. The molecule has 0 atom stereocenters. The fourth-order valence-electron chi connectivity index (χ4n) is 2.29. The van der Waals surface area contributed by atoms with Crippen LogP contribution in [0.15, 0.2) is 18.2 Å². The third kappa shape index (κ3) is 4.80. The fourth-order valence-corrected chi connectivity index (χ4v) is 2.29. The molecule has 1 heteroatoms. The molecule has 0 spiro atoms. The Morgan fingerprint density at radius 2 is 1.53 bits per heavy atom. The summed E-state index contributed by atoms with van der Waals surface area (Å²) in [5.74, 6) is 0. The van der Waals surface area contributed by atoms with Crippen molar-refractivity contribution in [3.8, 4) is 0 Å². The van der Waals surface area contributed by atoms with E-state index in [-0.39, 0.29) is 0 Å². The number of nitrogens with two attached hydrogens (primary N) is 1. The highest BCUT2D eigenvalue weighted by atomic mass is 14.6. The first-order valence-electron chi connectivity index (χ1n) is 7.15. The highest BCUT2D eigenvalue weighted by Crippen LogP contribution is 2.20. The van der Waals surface area contributed by atoms with Crippen LogP contribution >= 0.6 is 0 Å². The average Bonchev–Trinajstić information content (AvgIpc) is 2.35. The van der Waals surface area contributed by atoms with Crippen LogP contribution < -0.4 is 5.73 Å². The van der Waals surface area contributed by atoms with E-state index < -0.39 is 0 Å². The quantitative estimate of drug-likeness (QED) is 0.509. The number of anilines is 1. The molecule has 0 fully saturated rings. The van der Waals surface area contributed by atoms with Crippen molar-refractivity contribution in [3.05, 3.63) is 29.3 Å². The normalized spacial score (nSPS) is 10.7. The van der Waals surface area contributed by atoms with Crippen LogP contribution in [0.1, 0.15) is 63.5 Å². The van der Waals surface area contributed by atoms with Crippen molar-refractivity contribution < 1.29 is 0 Å². The van der Waals surface area contributed by atoms with Crippen LogP contribution in [0.5, 0.6) is 0 Å². The van der Waals surface area contributed by atoms with E-state index in [1.807, 2.05) is 0 Å². The first-order chi connectivity index (χ1) is 8.29. The lowest BCUT2D eigenvalue weighted by molar-refractivity contribution is 0.608. The topological polar surface area (TPSA) is 26.0 Å². The fraction of sp³-hybridized carbons (Fsp3) is 0.625. The van der Waals surface area contributed by atoms with Gasteiger partial charge in [0.25, 0.3) is 0 Å². The van der Waals surface area contributed by atoms with Crippen molar-refractivity contribution in [2.45, 2.75) is 65.2 Å². The van der Waals surface area contributed by atoms with Gasteiger partial charge in [-0.2, -0.15) is 0 Å². The lowest BCUT2D eigenvalue weighted by atomic mass is 10.00. The second kappa shape index (κ2) is 8.16. The Labute approximate surface area is 106 Å². The maximum Gasteiger partial charge on any atom is 0.0379 e. The molecule has 1 aromatic rings. The van der Waals surface area contributed by atoms with Crippen LogP contribution in [0.2, 0.25) is 0 Å². The summed E-state index contributed by atoms with van der Waals surface area (Å²) in [6.45, 7) is 4.43. The first-order valence-corrected chi connectivity index (χ1v) is 7.15. The zero-order chi connectivity index (χ0) is 12.5. The van der Waals surface area contributed by atoms with Crippen LogP contribution in [0.25, 0.3) is 0 Å². The molecular weight excluding hydrogens is 206 g/mol. The van der Waals surface area contributed by atoms with E-state index in [4.69, 9.17) is 5.73 Å². The SMILES string of the molecule is CCCCCCCCc1cccc(CC)c1N. The van der Waals surface area contributed by atoms with Gasteiger partial charge in [0.2, 0.25) is 0 Å². The standard InChI is InChI=1S/C16H27N/c1-3-5-6-7-8-9-11-15-13-10-12-14(4-2)16(15)17/h10,12-13H,3-9,11,17H2,1-2H3. The first kappa shape index (κ1) is 14.1. The smallest absolute Gasteiger partial charge is 0.0379 e. The summed E-state index contributed by atoms with van der Waals surface area (Å²) in [4.78, 5) is 0. The largest absolute Gasteiger partial charge is 0.398 e. The van der Waals surface area contributed by atoms with Gasteiger partial charge >= 0.3 is 0 Å². The van der Waals surface area contributed by atoms with E-state index in [1.54, 1.807) is 0 Å². The summed E-state index contributed by atoms with van der Waals surface area (Å²) in [5.41, 5.74) is 9.83. The van der Waals surface area contributed by atoms with Gasteiger partial charge in [-0.1, -0.05) is 64.2 Å². The molecule has 17 heavy (non-hydrogen) atoms. The minimum absolute atomic E-state index is 1.03. The zero-order valence-electron chi connectivity index (χ0n) is 11.5. The third-order valence-electron chi connectivity index (χ3n) is 3.47. The Morgan fingerprint density at radius 3 is 2.24 bits per heavy atom. The van der Waals surface area contributed by atoms with Gasteiger partial charge in [0.15, 0.2) is 0 Å². The minimum atomic E-state index is 1.03. The highest BCUT2D eigenvalue weighted by molar-refractivity contribution is 5.53. The molecule has 0 saturated heterocycles. The molecular formula is C16H27N. The Morgan fingerprint density at radius 1 is 0.882 bits per heavy atom. The van der Waals surface area contributed by atoms with Gasteiger partial charge in [-0.05, 0) is 30.4 Å². The van der Waals surface area contributed by atoms with Crippen molar-refractivity contribution in [1.82, 2.24) is 0 Å². The molecule has 1 aromatic carbocycles. The van der Waals surface area contributed by atoms with Gasteiger partial charge in [0.05, 0.1) is 0 Å². The predicted octanol–water partition coefficient (Wildman–Crippen LogP) is 4.73. The molecule has 0 heterocycles. The summed E-state index contributed by atoms with van der Waals surface area (Å²) < 4.78 is 0. The summed E-state index contributed by atoms with van der Waals surface area (Å²) in [5, 5.41) is 0. The zero-order valence-corrected chi connectivity index (χ0v) is 11.5. The Hall–Kier alpha value is -0.980. The Balaban J connectivity index is 2.31. The van der Waals surface area contributed by atoms with E-state index in [0.29, 0.717) is 0 Å². The van der Waals surface area contributed by atoms with E-state index in [2.05, 4.69) is 32.0 Å². The summed E-state index contributed by atoms with van der Waals surface area (Å²) in [7, 11) is 0. The van der Waals surface area contributed by atoms with Crippen molar-refractivity contribution in [2.24, 2.45) is 0 Å². The number of rotatable bonds is 8. The van der Waals surface area contributed by atoms with Gasteiger partial charge in [-0.3, -0.25) is 0 Å². The van der Waals surface area contributed by atoms with E-state index in [1.165, 1.54) is 49.7 Å². The van der Waals surface area contributed by atoms with E-state index >= 15 is 0 Å². The van der Waals surface area contributed by atoms with Crippen molar-refractivity contribution in [2.75, 3.05) is 5.73 Å². The lowest BCUT2D eigenvalue weighted by Gasteiger charge is -2.09. The number of aryl methyl sites for hydroxylation is 2. The molecule has 0 saturated carbocycles. The number of nitrogen functional groups attached to an aromatic ring is 1. The molecule has 0 amide bonds. The van der Waals surface area contributed by atoms with Gasteiger partial charge in [0.1, 0.15) is 0 Å². The van der Waals surface area contributed by atoms with Gasteiger partial charge < -0.3 is 5.73 Å². The highest BCUT2D eigenvalue weighted by Gasteiger charge is 2.02. The molecule has 1 nitrogen and oxygen atoms in total. The van der Waals surface area contributed by atoms with Crippen LogP contribution in [0.3, 0.4) is 0 Å². The third-order valence-corrected chi connectivity index (χ3v) is 3.47. The molecule has 0 radical (unpaired) electrons. The summed E-state index contributed by atoms with van der Waals surface area (Å²) >= 11 is 0. The monoisotopic (exact) mass is 233 g/mol. The lowest BCUT2D eigenvalue weighted by Crippen LogP contribution is -1.99. The van der Waals surface area contributed by atoms with Crippen LogP contribution in [-0.2, 0) is 12.8 Å². The Kier molecular flexibility index (Phi) is 6.76. The number of benzene rings is 1. The van der Waals surface area contributed by atoms with E-state index in [9.17, 15) is 0 Å². The summed E-state index contributed by atoms with van der Waals surface area (Å²) in [6.07, 6.45) is 10.3. The molecule has 0 aliphatic rings. The second-order valence-electron chi connectivity index (χ2n) is 4.86. The van der Waals surface area contributed by atoms with Gasteiger partial charge in [0, 0.05) is 5.69 Å². The summed E-state index contributed by atoms with van der Waals surface area (Å²) in [6, 6.07) is 6.46.